The molecule has 1 unspecified atom stereocenters. The van der Waals surface area contributed by atoms with Gasteiger partial charge in [0.1, 0.15) is 18.1 Å². The lowest BCUT2D eigenvalue weighted by molar-refractivity contribution is 0.177. The normalized spacial score (nSPS) is 16.5. The van der Waals surface area contributed by atoms with E-state index in [1.165, 1.54) is 11.1 Å². The Bertz CT molecular complexity index is 669. The van der Waals surface area contributed by atoms with E-state index in [4.69, 9.17) is 14.2 Å². The number of hydrogen-bond donors (Lipinski definition) is 0. The van der Waals surface area contributed by atoms with Gasteiger partial charge in [-0.25, -0.2) is 0 Å². The van der Waals surface area contributed by atoms with Crippen molar-refractivity contribution in [3.8, 4) is 22.6 Å². The van der Waals surface area contributed by atoms with Crippen molar-refractivity contribution < 1.29 is 14.2 Å². The number of rotatable bonds is 4. The maximum absolute atomic E-state index is 5.82. The first-order valence-corrected chi connectivity index (χ1v) is 7.54. The summed E-state index contributed by atoms with van der Waals surface area (Å²) >= 11 is 0. The molecule has 0 saturated carbocycles. The van der Waals surface area contributed by atoms with Crippen LogP contribution in [0.4, 0.5) is 0 Å². The molecule has 116 valence electrons. The molecule has 3 nitrogen and oxygen atoms in total. The van der Waals surface area contributed by atoms with Gasteiger partial charge in [-0.1, -0.05) is 0 Å². The number of methoxy groups -OCH3 is 1. The van der Waals surface area contributed by atoms with Crippen LogP contribution in [0.25, 0.3) is 11.1 Å². The average Bonchev–Trinajstić information content (AvgIpc) is 3.26. The molecule has 0 radical (unpaired) electrons. The summed E-state index contributed by atoms with van der Waals surface area (Å²) in [5, 5.41) is 0. The van der Waals surface area contributed by atoms with E-state index < -0.39 is 0 Å². The second kappa shape index (κ2) is 5.65. The van der Waals surface area contributed by atoms with Gasteiger partial charge in [0.2, 0.25) is 6.29 Å². The van der Waals surface area contributed by atoms with Crippen molar-refractivity contribution in [2.24, 2.45) is 0 Å². The summed E-state index contributed by atoms with van der Waals surface area (Å²) in [5.74, 6) is 1.90. The first kappa shape index (κ1) is 14.9. The molecule has 1 heterocycles. The molecule has 0 amide bonds. The second-order valence-electron chi connectivity index (χ2n) is 5.96. The maximum atomic E-state index is 5.82. The Morgan fingerprint density at radius 1 is 0.818 bits per heavy atom. The van der Waals surface area contributed by atoms with Gasteiger partial charge < -0.3 is 14.2 Å². The number of ether oxygens (including phenoxy) is 3. The lowest BCUT2D eigenvalue weighted by atomic mass is 9.96. The molecule has 1 fully saturated rings. The highest BCUT2D eigenvalue weighted by molar-refractivity contribution is 5.70. The Kier molecular flexibility index (Phi) is 3.83. The van der Waals surface area contributed by atoms with E-state index in [1.807, 2.05) is 0 Å². The summed E-state index contributed by atoms with van der Waals surface area (Å²) in [6.07, 6.45) is -0.0614. The van der Waals surface area contributed by atoms with E-state index in [2.05, 4.69) is 52.0 Å². The first-order chi connectivity index (χ1) is 10.5. The molecule has 1 atom stereocenters. The molecule has 2 aromatic carbocycles. The zero-order valence-electron chi connectivity index (χ0n) is 13.8. The van der Waals surface area contributed by atoms with Crippen LogP contribution in [-0.4, -0.2) is 20.0 Å². The van der Waals surface area contributed by atoms with Crippen molar-refractivity contribution in [1.82, 2.24) is 0 Å². The average molecular weight is 298 g/mol. The standard InChI is InChI=1S/C19H22O3/c1-11-6-15(7-12(2)18(11)20-5)16-8-13(3)19(14(4)9-16)22-17-10-21-17/h6-9,17H,10H2,1-5H3. The van der Waals surface area contributed by atoms with Gasteiger partial charge in [0.25, 0.3) is 0 Å². The zero-order valence-corrected chi connectivity index (χ0v) is 13.8. The van der Waals surface area contributed by atoms with Crippen LogP contribution in [0.15, 0.2) is 24.3 Å². The molecule has 3 heteroatoms. The van der Waals surface area contributed by atoms with Gasteiger partial charge in [-0.3, -0.25) is 0 Å². The molecule has 1 aliphatic rings. The van der Waals surface area contributed by atoms with Crippen LogP contribution in [-0.2, 0) is 4.74 Å². The van der Waals surface area contributed by atoms with Crippen LogP contribution >= 0.6 is 0 Å². The van der Waals surface area contributed by atoms with Gasteiger partial charge in [-0.05, 0) is 85.3 Å². The second-order valence-corrected chi connectivity index (χ2v) is 5.96. The topological polar surface area (TPSA) is 31.0 Å². The molecule has 2 aromatic rings. The van der Waals surface area contributed by atoms with Crippen LogP contribution in [0.1, 0.15) is 22.3 Å². The smallest absolute Gasteiger partial charge is 0.223 e. The monoisotopic (exact) mass is 298 g/mol. The van der Waals surface area contributed by atoms with E-state index in [0.29, 0.717) is 6.61 Å². The Labute approximate surface area is 131 Å². The summed E-state index contributed by atoms with van der Waals surface area (Å²) in [6.45, 7) is 9.01. The summed E-state index contributed by atoms with van der Waals surface area (Å²) in [6, 6.07) is 8.69. The van der Waals surface area contributed by atoms with E-state index in [0.717, 1.165) is 33.8 Å². The summed E-state index contributed by atoms with van der Waals surface area (Å²) in [7, 11) is 1.72. The molecular weight excluding hydrogens is 276 g/mol. The number of epoxide rings is 1. The maximum Gasteiger partial charge on any atom is 0.223 e. The van der Waals surface area contributed by atoms with Crippen LogP contribution in [0.2, 0.25) is 0 Å². The first-order valence-electron chi connectivity index (χ1n) is 7.54. The third-order valence-corrected chi connectivity index (χ3v) is 4.01. The Morgan fingerprint density at radius 3 is 1.59 bits per heavy atom. The largest absolute Gasteiger partial charge is 0.496 e. The third-order valence-electron chi connectivity index (χ3n) is 4.01. The van der Waals surface area contributed by atoms with Gasteiger partial charge in [-0.2, -0.15) is 0 Å². The van der Waals surface area contributed by atoms with Crippen molar-refractivity contribution in [2.45, 2.75) is 34.0 Å². The van der Waals surface area contributed by atoms with Crippen LogP contribution < -0.4 is 9.47 Å². The minimum Gasteiger partial charge on any atom is -0.496 e. The van der Waals surface area contributed by atoms with Crippen molar-refractivity contribution in [2.75, 3.05) is 13.7 Å². The highest BCUT2D eigenvalue weighted by Gasteiger charge is 2.26. The molecule has 22 heavy (non-hydrogen) atoms. The van der Waals surface area contributed by atoms with Crippen molar-refractivity contribution in [3.63, 3.8) is 0 Å². The number of aryl methyl sites for hydroxylation is 4. The highest BCUT2D eigenvalue weighted by atomic mass is 16.8. The highest BCUT2D eigenvalue weighted by Crippen LogP contribution is 2.35. The van der Waals surface area contributed by atoms with E-state index >= 15 is 0 Å². The quantitative estimate of drug-likeness (QED) is 0.787. The fourth-order valence-corrected chi connectivity index (χ4v) is 2.98. The predicted molar refractivity (Wildman–Crippen MR) is 87.7 cm³/mol. The van der Waals surface area contributed by atoms with Gasteiger partial charge in [0.05, 0.1) is 7.11 Å². The molecule has 3 rings (SSSR count). The van der Waals surface area contributed by atoms with E-state index in [1.54, 1.807) is 7.11 Å². The summed E-state index contributed by atoms with van der Waals surface area (Å²) in [5.41, 5.74) is 6.98. The summed E-state index contributed by atoms with van der Waals surface area (Å²) < 4.78 is 16.4. The molecular formula is C19H22O3. The van der Waals surface area contributed by atoms with Crippen molar-refractivity contribution in [3.05, 3.63) is 46.5 Å². The molecule has 0 aliphatic carbocycles. The minimum atomic E-state index is -0.0614. The van der Waals surface area contributed by atoms with Gasteiger partial charge in [0.15, 0.2) is 0 Å². The number of benzene rings is 2. The fourth-order valence-electron chi connectivity index (χ4n) is 2.98. The third kappa shape index (κ3) is 2.81. The van der Waals surface area contributed by atoms with Crippen LogP contribution in [0.3, 0.4) is 0 Å². The Morgan fingerprint density at radius 2 is 1.23 bits per heavy atom. The lowest BCUT2D eigenvalue weighted by Gasteiger charge is -2.15. The molecule has 0 N–H and O–H groups in total. The lowest BCUT2D eigenvalue weighted by Crippen LogP contribution is -2.02. The zero-order chi connectivity index (χ0) is 15.9. The molecule has 0 aromatic heterocycles. The van der Waals surface area contributed by atoms with Crippen molar-refractivity contribution in [1.29, 1.82) is 0 Å². The molecule has 0 spiro atoms. The van der Waals surface area contributed by atoms with E-state index in [-0.39, 0.29) is 6.29 Å². The van der Waals surface area contributed by atoms with Gasteiger partial charge >= 0.3 is 0 Å². The Hall–Kier alpha value is -2.00. The summed E-state index contributed by atoms with van der Waals surface area (Å²) in [4.78, 5) is 0. The van der Waals surface area contributed by atoms with Gasteiger partial charge in [0, 0.05) is 0 Å². The SMILES string of the molecule is COc1c(C)cc(-c2cc(C)c(OC3CO3)c(C)c2)cc1C. The van der Waals surface area contributed by atoms with Crippen molar-refractivity contribution >= 4 is 0 Å². The molecule has 1 aliphatic heterocycles. The number of hydrogen-bond acceptors (Lipinski definition) is 3. The molecule has 1 saturated heterocycles. The minimum absolute atomic E-state index is 0.0614. The van der Waals surface area contributed by atoms with Crippen LogP contribution in [0.5, 0.6) is 11.5 Å². The van der Waals surface area contributed by atoms with Gasteiger partial charge in [-0.15, -0.1) is 0 Å². The predicted octanol–water partition coefficient (Wildman–Crippen LogP) is 4.33. The fraction of sp³-hybridized carbons (Fsp3) is 0.368. The molecule has 0 bridgehead atoms. The Balaban J connectivity index is 2.01. The van der Waals surface area contributed by atoms with Crippen LogP contribution in [0, 0.1) is 27.7 Å². The van der Waals surface area contributed by atoms with E-state index in [9.17, 15) is 0 Å².